The summed E-state index contributed by atoms with van der Waals surface area (Å²) in [5.74, 6) is 0.520. The molecule has 1 amide bonds. The number of thiazole rings is 1. The second-order valence-electron chi connectivity index (χ2n) is 6.88. The molecule has 0 spiro atoms. The minimum Gasteiger partial charge on any atom is -0.497 e. The highest BCUT2D eigenvalue weighted by Gasteiger charge is 2.34. The Morgan fingerprint density at radius 3 is 2.69 bits per heavy atom. The Labute approximate surface area is 172 Å². The number of methoxy groups -OCH3 is 1. The van der Waals surface area contributed by atoms with Gasteiger partial charge in [0.1, 0.15) is 5.75 Å². The first-order valence-corrected chi connectivity index (χ1v) is 11.6. The summed E-state index contributed by atoms with van der Waals surface area (Å²) in [6, 6.07) is 12.4. The molecule has 0 bridgehead atoms. The van der Waals surface area contributed by atoms with Gasteiger partial charge in [0.2, 0.25) is 15.9 Å². The van der Waals surface area contributed by atoms with E-state index in [0.29, 0.717) is 24.5 Å². The molecule has 1 aliphatic heterocycles. The van der Waals surface area contributed by atoms with Gasteiger partial charge in [-0.3, -0.25) is 9.52 Å². The van der Waals surface area contributed by atoms with Crippen molar-refractivity contribution in [3.63, 3.8) is 0 Å². The van der Waals surface area contributed by atoms with Crippen LogP contribution >= 0.6 is 11.3 Å². The number of ether oxygens (including phenoxy) is 1. The normalized spacial score (nSPS) is 14.5. The van der Waals surface area contributed by atoms with Crippen LogP contribution < -0.4 is 19.7 Å². The smallest absolute Gasteiger partial charge is 0.231 e. The van der Waals surface area contributed by atoms with E-state index >= 15 is 0 Å². The molecular weight excluding hydrogens is 412 g/mol. The summed E-state index contributed by atoms with van der Waals surface area (Å²) in [5.41, 5.74) is 1.84. The van der Waals surface area contributed by atoms with Gasteiger partial charge in [-0.05, 0) is 30.3 Å². The van der Waals surface area contributed by atoms with E-state index in [1.165, 1.54) is 0 Å². The quantitative estimate of drug-likeness (QED) is 0.621. The number of carbonyl (C=O) groups excluding carboxylic acids is 1. The van der Waals surface area contributed by atoms with Crippen LogP contribution in [0.4, 0.5) is 16.5 Å². The zero-order valence-corrected chi connectivity index (χ0v) is 17.5. The van der Waals surface area contributed by atoms with Gasteiger partial charge in [0.05, 0.1) is 35.2 Å². The SMILES string of the molecule is COc1ccc2sc(N3CC(C(=O)Nc4cccc(NS(C)(=O)=O)c4)C3)nc2c1. The van der Waals surface area contributed by atoms with Crippen LogP contribution in [-0.2, 0) is 14.8 Å². The predicted molar refractivity (Wildman–Crippen MR) is 115 cm³/mol. The molecule has 0 unspecified atom stereocenters. The van der Waals surface area contributed by atoms with E-state index in [-0.39, 0.29) is 11.8 Å². The third kappa shape index (κ3) is 4.43. The largest absolute Gasteiger partial charge is 0.497 e. The van der Waals surface area contributed by atoms with Gasteiger partial charge in [0.15, 0.2) is 5.13 Å². The van der Waals surface area contributed by atoms with Crippen molar-refractivity contribution in [1.82, 2.24) is 4.98 Å². The Balaban J connectivity index is 1.37. The van der Waals surface area contributed by atoms with E-state index in [1.807, 2.05) is 18.2 Å². The van der Waals surface area contributed by atoms with E-state index < -0.39 is 10.0 Å². The third-order valence-electron chi connectivity index (χ3n) is 4.54. The number of hydrogen-bond donors (Lipinski definition) is 2. The van der Waals surface area contributed by atoms with Crippen LogP contribution in [0.1, 0.15) is 0 Å². The van der Waals surface area contributed by atoms with Crippen LogP contribution in [0.5, 0.6) is 5.75 Å². The van der Waals surface area contributed by atoms with Crippen molar-refractivity contribution < 1.29 is 17.9 Å². The lowest BCUT2D eigenvalue weighted by molar-refractivity contribution is -0.120. The number of anilines is 3. The summed E-state index contributed by atoms with van der Waals surface area (Å²) in [6.07, 6.45) is 1.08. The van der Waals surface area contributed by atoms with Gasteiger partial charge in [0.25, 0.3) is 0 Å². The molecule has 1 aliphatic rings. The summed E-state index contributed by atoms with van der Waals surface area (Å²) < 4.78 is 31.4. The molecule has 0 aliphatic carbocycles. The van der Waals surface area contributed by atoms with Crippen molar-refractivity contribution in [2.75, 3.05) is 41.4 Å². The first-order valence-electron chi connectivity index (χ1n) is 8.89. The number of fused-ring (bicyclic) bond motifs is 1. The molecule has 1 saturated heterocycles. The highest BCUT2D eigenvalue weighted by atomic mass is 32.2. The first kappa shape index (κ1) is 19.5. The van der Waals surface area contributed by atoms with Crippen LogP contribution in [-0.4, -0.2) is 45.8 Å². The van der Waals surface area contributed by atoms with Gasteiger partial charge in [0, 0.05) is 24.8 Å². The number of nitrogens with one attached hydrogen (secondary N) is 2. The maximum absolute atomic E-state index is 12.5. The van der Waals surface area contributed by atoms with Crippen molar-refractivity contribution in [3.05, 3.63) is 42.5 Å². The summed E-state index contributed by atoms with van der Waals surface area (Å²) in [5, 5.41) is 3.74. The fourth-order valence-corrected chi connectivity index (χ4v) is 4.60. The molecule has 8 nitrogen and oxygen atoms in total. The molecule has 4 rings (SSSR count). The lowest BCUT2D eigenvalue weighted by Crippen LogP contribution is -2.52. The molecular formula is C19H20N4O4S2. The standard InChI is InChI=1S/C19H20N4O4S2/c1-27-15-6-7-17-16(9-15)21-19(28-17)23-10-12(11-23)18(24)20-13-4-3-5-14(8-13)22-29(2,25)26/h3-9,12,22H,10-11H2,1-2H3,(H,20,24). The molecule has 2 aromatic carbocycles. The molecule has 2 N–H and O–H groups in total. The highest BCUT2D eigenvalue weighted by Crippen LogP contribution is 2.34. The predicted octanol–water partition coefficient (Wildman–Crippen LogP) is 2.75. The number of sulfonamides is 1. The molecule has 3 aromatic rings. The molecule has 0 atom stereocenters. The second-order valence-corrected chi connectivity index (χ2v) is 9.63. The summed E-state index contributed by atoms with van der Waals surface area (Å²) >= 11 is 1.59. The number of nitrogens with zero attached hydrogens (tertiary/aromatic N) is 2. The van der Waals surface area contributed by atoms with Crippen LogP contribution in [0.25, 0.3) is 10.2 Å². The van der Waals surface area contributed by atoms with Crippen molar-refractivity contribution in [3.8, 4) is 5.75 Å². The number of carbonyl (C=O) groups is 1. The lowest BCUT2D eigenvalue weighted by atomic mass is 10.00. The van der Waals surface area contributed by atoms with Gasteiger partial charge in [-0.15, -0.1) is 0 Å². The number of benzene rings is 2. The van der Waals surface area contributed by atoms with Crippen molar-refractivity contribution >= 4 is 54.0 Å². The molecule has 1 aromatic heterocycles. The zero-order chi connectivity index (χ0) is 20.6. The van der Waals surface area contributed by atoms with Crippen molar-refractivity contribution in [1.29, 1.82) is 0 Å². The maximum atomic E-state index is 12.5. The average Bonchev–Trinajstić information content (AvgIpc) is 3.01. The van der Waals surface area contributed by atoms with Gasteiger partial charge in [-0.25, -0.2) is 13.4 Å². The summed E-state index contributed by atoms with van der Waals surface area (Å²) in [4.78, 5) is 19.2. The summed E-state index contributed by atoms with van der Waals surface area (Å²) in [7, 11) is -1.74. The monoisotopic (exact) mass is 432 g/mol. The van der Waals surface area contributed by atoms with E-state index in [4.69, 9.17) is 4.74 Å². The second kappa shape index (κ2) is 7.53. The van der Waals surface area contributed by atoms with Crippen LogP contribution in [0.2, 0.25) is 0 Å². The molecule has 2 heterocycles. The number of aromatic nitrogens is 1. The van der Waals surface area contributed by atoms with Crippen LogP contribution in [0.15, 0.2) is 42.5 Å². The van der Waals surface area contributed by atoms with Gasteiger partial charge >= 0.3 is 0 Å². The molecule has 10 heteroatoms. The highest BCUT2D eigenvalue weighted by molar-refractivity contribution is 7.92. The van der Waals surface area contributed by atoms with E-state index in [9.17, 15) is 13.2 Å². The molecule has 0 radical (unpaired) electrons. The van der Waals surface area contributed by atoms with E-state index in [0.717, 1.165) is 27.4 Å². The minimum atomic E-state index is -3.37. The Morgan fingerprint density at radius 1 is 1.21 bits per heavy atom. The Hall–Kier alpha value is -2.85. The number of amides is 1. The summed E-state index contributed by atoms with van der Waals surface area (Å²) in [6.45, 7) is 1.17. The van der Waals surface area contributed by atoms with Gasteiger partial charge < -0.3 is 15.0 Å². The van der Waals surface area contributed by atoms with Crippen molar-refractivity contribution in [2.45, 2.75) is 0 Å². The fraction of sp³-hybridized carbons (Fsp3) is 0.263. The van der Waals surface area contributed by atoms with Gasteiger partial charge in [-0.1, -0.05) is 17.4 Å². The number of rotatable bonds is 6. The van der Waals surface area contributed by atoms with Crippen LogP contribution in [0, 0.1) is 5.92 Å². The Morgan fingerprint density at radius 2 is 1.97 bits per heavy atom. The third-order valence-corrected chi connectivity index (χ3v) is 6.24. The maximum Gasteiger partial charge on any atom is 0.231 e. The van der Waals surface area contributed by atoms with Crippen LogP contribution in [0.3, 0.4) is 0 Å². The van der Waals surface area contributed by atoms with Gasteiger partial charge in [-0.2, -0.15) is 0 Å². The molecule has 0 saturated carbocycles. The first-order chi connectivity index (χ1) is 13.8. The minimum absolute atomic E-state index is 0.0967. The Bertz CT molecular complexity index is 1170. The van der Waals surface area contributed by atoms with E-state index in [2.05, 4.69) is 19.9 Å². The average molecular weight is 433 g/mol. The van der Waals surface area contributed by atoms with Crippen molar-refractivity contribution in [2.24, 2.45) is 5.92 Å². The zero-order valence-electron chi connectivity index (χ0n) is 15.9. The molecule has 152 valence electrons. The fourth-order valence-electron chi connectivity index (χ4n) is 3.08. The topological polar surface area (TPSA) is 101 Å². The Kier molecular flexibility index (Phi) is 5.05. The lowest BCUT2D eigenvalue weighted by Gasteiger charge is -2.37. The molecule has 1 fully saturated rings. The number of hydrogen-bond acceptors (Lipinski definition) is 7. The van der Waals surface area contributed by atoms with E-state index in [1.54, 1.807) is 42.7 Å². The molecule has 29 heavy (non-hydrogen) atoms.